The van der Waals surface area contributed by atoms with E-state index in [1.165, 1.54) is 17.6 Å². The van der Waals surface area contributed by atoms with Crippen LogP contribution in [0.1, 0.15) is 0 Å². The van der Waals surface area contributed by atoms with E-state index in [1.54, 1.807) is 0 Å². The normalized spacial score (nSPS) is 10.5. The average Bonchev–Trinajstić information content (AvgIpc) is 3.02. The summed E-state index contributed by atoms with van der Waals surface area (Å²) in [5.41, 5.74) is 11.4. The molecule has 0 saturated heterocycles. The van der Waals surface area contributed by atoms with E-state index in [9.17, 15) is 0 Å². The fourth-order valence-electron chi connectivity index (χ4n) is 1.43. The SMILES string of the molecule is Nc1n[nH]nc1N(c1ncncn1)c1n[nH]nc1N. The van der Waals surface area contributed by atoms with Crippen LogP contribution in [0.4, 0.5) is 29.2 Å². The number of H-pyrrole nitrogens is 2. The highest BCUT2D eigenvalue weighted by Gasteiger charge is 2.25. The molecule has 3 aromatic heterocycles. The van der Waals surface area contributed by atoms with Crippen molar-refractivity contribution in [1.29, 1.82) is 0 Å². The van der Waals surface area contributed by atoms with Gasteiger partial charge in [-0.15, -0.1) is 20.4 Å². The highest BCUT2D eigenvalue weighted by molar-refractivity contribution is 5.78. The fraction of sp³-hybridized carbons (Fsp3) is 0. The summed E-state index contributed by atoms with van der Waals surface area (Å²) in [6, 6.07) is 0. The Morgan fingerprint density at radius 1 is 0.842 bits per heavy atom. The number of rotatable bonds is 3. The zero-order valence-corrected chi connectivity index (χ0v) is 9.39. The van der Waals surface area contributed by atoms with Crippen LogP contribution < -0.4 is 16.4 Å². The summed E-state index contributed by atoms with van der Waals surface area (Å²) in [7, 11) is 0. The molecule has 19 heavy (non-hydrogen) atoms. The second kappa shape index (κ2) is 4.17. The molecule has 0 saturated carbocycles. The number of nitrogens with two attached hydrogens (primary N) is 2. The van der Waals surface area contributed by atoms with Crippen molar-refractivity contribution in [1.82, 2.24) is 45.8 Å². The molecule has 0 aliphatic rings. The fourth-order valence-corrected chi connectivity index (χ4v) is 1.43. The van der Waals surface area contributed by atoms with E-state index in [1.807, 2.05) is 0 Å². The maximum absolute atomic E-state index is 5.72. The van der Waals surface area contributed by atoms with Gasteiger partial charge in [0.2, 0.25) is 17.6 Å². The lowest BCUT2D eigenvalue weighted by molar-refractivity contribution is 0.910. The minimum atomic E-state index is 0.141. The van der Waals surface area contributed by atoms with Gasteiger partial charge in [-0.05, 0) is 0 Å². The molecular weight excluding hydrogens is 252 g/mol. The predicted molar refractivity (Wildman–Crippen MR) is 63.2 cm³/mol. The van der Waals surface area contributed by atoms with Crippen molar-refractivity contribution in [2.24, 2.45) is 0 Å². The number of anilines is 5. The Kier molecular flexibility index (Phi) is 2.38. The molecule has 0 spiro atoms. The lowest BCUT2D eigenvalue weighted by atomic mass is 10.5. The molecule has 0 amide bonds. The van der Waals surface area contributed by atoms with Gasteiger partial charge in [0, 0.05) is 0 Å². The van der Waals surface area contributed by atoms with Crippen LogP contribution in [0, 0.1) is 0 Å². The summed E-state index contributed by atoms with van der Waals surface area (Å²) >= 11 is 0. The van der Waals surface area contributed by atoms with Crippen LogP contribution in [-0.4, -0.2) is 45.8 Å². The van der Waals surface area contributed by atoms with Crippen LogP contribution >= 0.6 is 0 Å². The number of hydrogen-bond acceptors (Lipinski definition) is 10. The first kappa shape index (κ1) is 10.8. The minimum Gasteiger partial charge on any atom is -0.379 e. The Balaban J connectivity index is 2.18. The van der Waals surface area contributed by atoms with Gasteiger partial charge < -0.3 is 11.5 Å². The van der Waals surface area contributed by atoms with Crippen molar-refractivity contribution in [2.45, 2.75) is 0 Å². The lowest BCUT2D eigenvalue weighted by Gasteiger charge is -2.16. The van der Waals surface area contributed by atoms with Crippen molar-refractivity contribution < 1.29 is 0 Å². The van der Waals surface area contributed by atoms with Gasteiger partial charge in [-0.2, -0.15) is 10.4 Å². The van der Waals surface area contributed by atoms with E-state index in [-0.39, 0.29) is 29.2 Å². The third kappa shape index (κ3) is 1.76. The maximum atomic E-state index is 5.72. The molecule has 3 rings (SSSR count). The summed E-state index contributed by atoms with van der Waals surface area (Å²) in [5, 5.41) is 20.1. The molecule has 0 radical (unpaired) electrons. The number of aromatic amines is 2. The van der Waals surface area contributed by atoms with E-state index >= 15 is 0 Å². The van der Waals surface area contributed by atoms with Crippen molar-refractivity contribution >= 4 is 29.2 Å². The van der Waals surface area contributed by atoms with Crippen LogP contribution in [0.25, 0.3) is 0 Å². The van der Waals surface area contributed by atoms with E-state index < -0.39 is 0 Å². The average molecular weight is 260 g/mol. The monoisotopic (exact) mass is 260 g/mol. The first-order valence-corrected chi connectivity index (χ1v) is 5.02. The molecular formula is C7H8N12. The minimum absolute atomic E-state index is 0.141. The summed E-state index contributed by atoms with van der Waals surface area (Å²) in [4.78, 5) is 13.1. The van der Waals surface area contributed by atoms with Crippen molar-refractivity contribution in [3.63, 3.8) is 0 Å². The first-order valence-electron chi connectivity index (χ1n) is 5.02. The largest absolute Gasteiger partial charge is 0.379 e. The smallest absolute Gasteiger partial charge is 0.240 e. The molecule has 0 aliphatic heterocycles. The maximum Gasteiger partial charge on any atom is 0.240 e. The molecule has 12 heteroatoms. The van der Waals surface area contributed by atoms with Gasteiger partial charge in [0.15, 0.2) is 11.6 Å². The predicted octanol–water partition coefficient (Wildman–Crippen LogP) is -1.26. The summed E-state index contributed by atoms with van der Waals surface area (Å²) in [6.45, 7) is 0. The zero-order valence-electron chi connectivity index (χ0n) is 9.39. The second-order valence-corrected chi connectivity index (χ2v) is 3.34. The van der Waals surface area contributed by atoms with E-state index in [0.717, 1.165) is 0 Å². The zero-order chi connectivity index (χ0) is 13.2. The molecule has 0 unspecified atom stereocenters. The van der Waals surface area contributed by atoms with Gasteiger partial charge >= 0.3 is 0 Å². The quantitative estimate of drug-likeness (QED) is 0.444. The molecule has 0 atom stereocenters. The standard InChI is InChI=1S/C7H8N12/c8-3-5(15-17-13-3)19(6-4(9)14-18-16-6)7-11-1-10-2-12-7/h1-2H,(H3,8,13,15,17)(H3,9,14,16,18). The van der Waals surface area contributed by atoms with E-state index in [0.29, 0.717) is 0 Å². The number of nitrogen functional groups attached to an aromatic ring is 2. The molecule has 3 aromatic rings. The highest BCUT2D eigenvalue weighted by atomic mass is 15.5. The van der Waals surface area contributed by atoms with Crippen molar-refractivity contribution in [3.8, 4) is 0 Å². The molecule has 96 valence electrons. The number of hydrogen-bond donors (Lipinski definition) is 4. The Hall–Kier alpha value is -3.31. The number of nitrogens with one attached hydrogen (secondary N) is 2. The second-order valence-electron chi connectivity index (χ2n) is 3.34. The summed E-state index contributed by atoms with van der Waals surface area (Å²) < 4.78 is 0. The van der Waals surface area contributed by atoms with Gasteiger partial charge in [0.1, 0.15) is 12.7 Å². The lowest BCUT2D eigenvalue weighted by Crippen LogP contribution is -2.17. The molecule has 12 nitrogen and oxygen atoms in total. The van der Waals surface area contributed by atoms with E-state index in [2.05, 4.69) is 45.8 Å². The number of nitrogens with zero attached hydrogens (tertiary/aromatic N) is 8. The Morgan fingerprint density at radius 3 is 1.79 bits per heavy atom. The molecule has 0 aromatic carbocycles. The van der Waals surface area contributed by atoms with Gasteiger partial charge in [-0.3, -0.25) is 0 Å². The summed E-state index contributed by atoms with van der Waals surface area (Å²) in [6.07, 6.45) is 2.64. The Morgan fingerprint density at radius 2 is 1.37 bits per heavy atom. The van der Waals surface area contributed by atoms with Crippen LogP contribution in [0.5, 0.6) is 0 Å². The topological polar surface area (TPSA) is 177 Å². The van der Waals surface area contributed by atoms with Crippen molar-refractivity contribution in [3.05, 3.63) is 12.7 Å². The van der Waals surface area contributed by atoms with E-state index in [4.69, 9.17) is 11.5 Å². The van der Waals surface area contributed by atoms with Crippen LogP contribution in [0.3, 0.4) is 0 Å². The Bertz CT molecular complexity index is 630. The van der Waals surface area contributed by atoms with Crippen LogP contribution in [0.2, 0.25) is 0 Å². The molecule has 0 fully saturated rings. The van der Waals surface area contributed by atoms with Gasteiger partial charge in [-0.1, -0.05) is 0 Å². The summed E-state index contributed by atoms with van der Waals surface area (Å²) in [5.74, 6) is 1.03. The number of aromatic nitrogens is 9. The van der Waals surface area contributed by atoms with Crippen molar-refractivity contribution in [2.75, 3.05) is 16.4 Å². The van der Waals surface area contributed by atoms with Gasteiger partial charge in [0.05, 0.1) is 0 Å². The van der Waals surface area contributed by atoms with Crippen LogP contribution in [0.15, 0.2) is 12.7 Å². The molecule has 0 bridgehead atoms. The molecule has 6 N–H and O–H groups in total. The highest BCUT2D eigenvalue weighted by Crippen LogP contribution is 2.33. The van der Waals surface area contributed by atoms with Gasteiger partial charge in [-0.25, -0.2) is 19.9 Å². The first-order chi connectivity index (χ1) is 9.27. The Labute approximate surface area is 105 Å². The van der Waals surface area contributed by atoms with Gasteiger partial charge in [0.25, 0.3) is 0 Å². The third-order valence-corrected chi connectivity index (χ3v) is 2.21. The third-order valence-electron chi connectivity index (χ3n) is 2.21. The van der Waals surface area contributed by atoms with Crippen LogP contribution in [-0.2, 0) is 0 Å². The molecule has 0 aliphatic carbocycles. The molecule has 3 heterocycles.